The van der Waals surface area contributed by atoms with Crippen LogP contribution in [0, 0.1) is 5.92 Å². The Morgan fingerprint density at radius 2 is 2.11 bits per heavy atom. The van der Waals surface area contributed by atoms with Crippen LogP contribution >= 0.6 is 0 Å². The van der Waals surface area contributed by atoms with Gasteiger partial charge < -0.3 is 9.84 Å². The Morgan fingerprint density at radius 1 is 1.42 bits per heavy atom. The minimum atomic E-state index is -0.602. The van der Waals surface area contributed by atoms with Crippen molar-refractivity contribution in [3.05, 3.63) is 35.9 Å². The number of aliphatic hydroxyl groups excluding tert-OH is 1. The van der Waals surface area contributed by atoms with E-state index in [1.807, 2.05) is 25.1 Å². The van der Waals surface area contributed by atoms with Crippen LogP contribution in [0.1, 0.15) is 18.9 Å². The molecule has 1 aliphatic rings. The van der Waals surface area contributed by atoms with Crippen molar-refractivity contribution in [2.75, 3.05) is 13.7 Å². The smallest absolute Gasteiger partial charge is 0.312 e. The van der Waals surface area contributed by atoms with Crippen molar-refractivity contribution in [1.82, 2.24) is 4.90 Å². The van der Waals surface area contributed by atoms with E-state index in [2.05, 4.69) is 17.0 Å². The first-order chi connectivity index (χ1) is 9.13. The number of carbonyl (C=O) groups excluding carboxylic acids is 1. The van der Waals surface area contributed by atoms with Crippen LogP contribution < -0.4 is 0 Å². The highest BCUT2D eigenvalue weighted by atomic mass is 16.5. The van der Waals surface area contributed by atoms with Gasteiger partial charge in [0.05, 0.1) is 19.1 Å². The van der Waals surface area contributed by atoms with Gasteiger partial charge in [0.15, 0.2) is 0 Å². The normalized spacial score (nSPS) is 28.1. The second-order valence-corrected chi connectivity index (χ2v) is 5.10. The maximum Gasteiger partial charge on any atom is 0.312 e. The van der Waals surface area contributed by atoms with Crippen molar-refractivity contribution < 1.29 is 14.6 Å². The number of methoxy groups -OCH3 is 1. The maximum absolute atomic E-state index is 11.8. The number of carbonyl (C=O) groups is 1. The molecular weight excluding hydrogens is 242 g/mol. The molecule has 1 fully saturated rings. The molecule has 1 saturated heterocycles. The molecule has 3 atom stereocenters. The van der Waals surface area contributed by atoms with E-state index in [1.54, 1.807) is 0 Å². The fraction of sp³-hybridized carbons (Fsp3) is 0.533. The number of ether oxygens (including phenoxy) is 1. The molecule has 4 nitrogen and oxygen atoms in total. The van der Waals surface area contributed by atoms with E-state index in [0.29, 0.717) is 6.42 Å². The van der Waals surface area contributed by atoms with Crippen molar-refractivity contribution in [3.63, 3.8) is 0 Å². The molecule has 104 valence electrons. The quantitative estimate of drug-likeness (QED) is 0.838. The minimum absolute atomic E-state index is 0.0172. The van der Waals surface area contributed by atoms with Gasteiger partial charge in [-0.05, 0) is 18.9 Å². The summed E-state index contributed by atoms with van der Waals surface area (Å²) in [6.07, 6.45) is 0.00574. The van der Waals surface area contributed by atoms with Gasteiger partial charge in [0.2, 0.25) is 0 Å². The lowest BCUT2D eigenvalue weighted by atomic mass is 9.87. The average molecular weight is 263 g/mol. The van der Waals surface area contributed by atoms with Gasteiger partial charge in [-0.25, -0.2) is 0 Å². The zero-order valence-corrected chi connectivity index (χ0v) is 11.5. The average Bonchev–Trinajstić information content (AvgIpc) is 2.43. The SMILES string of the molecule is COC(=O)[C@@H]1[C@@H](O)CCN(Cc2ccccc2)[C@H]1C. The summed E-state index contributed by atoms with van der Waals surface area (Å²) in [6.45, 7) is 3.57. The molecule has 0 bridgehead atoms. The van der Waals surface area contributed by atoms with Crippen LogP contribution in [0.3, 0.4) is 0 Å². The molecule has 1 aromatic rings. The van der Waals surface area contributed by atoms with Crippen molar-refractivity contribution in [2.24, 2.45) is 5.92 Å². The van der Waals surface area contributed by atoms with Crippen LogP contribution in [-0.4, -0.2) is 41.8 Å². The first kappa shape index (κ1) is 14.0. The van der Waals surface area contributed by atoms with Gasteiger partial charge in [0, 0.05) is 19.1 Å². The highest BCUT2D eigenvalue weighted by molar-refractivity contribution is 5.74. The maximum atomic E-state index is 11.8. The van der Waals surface area contributed by atoms with Crippen molar-refractivity contribution >= 4 is 5.97 Å². The summed E-state index contributed by atoms with van der Waals surface area (Å²) in [5.41, 5.74) is 1.22. The molecule has 0 aromatic heterocycles. The number of rotatable bonds is 3. The second kappa shape index (κ2) is 6.17. The van der Waals surface area contributed by atoms with E-state index >= 15 is 0 Å². The minimum Gasteiger partial charge on any atom is -0.469 e. The molecule has 0 amide bonds. The number of hydrogen-bond acceptors (Lipinski definition) is 4. The molecule has 0 aliphatic carbocycles. The highest BCUT2D eigenvalue weighted by Crippen LogP contribution is 2.26. The number of esters is 1. The summed E-state index contributed by atoms with van der Waals surface area (Å²) < 4.78 is 4.80. The van der Waals surface area contributed by atoms with E-state index in [1.165, 1.54) is 12.7 Å². The summed E-state index contributed by atoms with van der Waals surface area (Å²) >= 11 is 0. The lowest BCUT2D eigenvalue weighted by Crippen LogP contribution is -2.52. The summed E-state index contributed by atoms with van der Waals surface area (Å²) in [7, 11) is 1.37. The third kappa shape index (κ3) is 3.14. The molecule has 4 heteroatoms. The molecule has 19 heavy (non-hydrogen) atoms. The Morgan fingerprint density at radius 3 is 2.74 bits per heavy atom. The molecule has 1 aliphatic heterocycles. The van der Waals surface area contributed by atoms with Crippen LogP contribution in [0.2, 0.25) is 0 Å². The van der Waals surface area contributed by atoms with E-state index in [-0.39, 0.29) is 12.0 Å². The van der Waals surface area contributed by atoms with Gasteiger partial charge in [0.1, 0.15) is 0 Å². The van der Waals surface area contributed by atoms with Gasteiger partial charge in [-0.15, -0.1) is 0 Å². The third-order valence-electron chi connectivity index (χ3n) is 3.92. The van der Waals surface area contributed by atoms with Gasteiger partial charge in [-0.1, -0.05) is 30.3 Å². The molecule has 1 aromatic carbocycles. The monoisotopic (exact) mass is 263 g/mol. The number of likely N-dealkylation sites (tertiary alicyclic amines) is 1. The molecule has 0 spiro atoms. The van der Waals surface area contributed by atoms with Crippen molar-refractivity contribution in [3.8, 4) is 0 Å². The van der Waals surface area contributed by atoms with Gasteiger partial charge >= 0.3 is 5.97 Å². The highest BCUT2D eigenvalue weighted by Gasteiger charge is 2.39. The van der Waals surface area contributed by atoms with Crippen LogP contribution in [0.15, 0.2) is 30.3 Å². The largest absolute Gasteiger partial charge is 0.469 e. The zero-order valence-electron chi connectivity index (χ0n) is 11.5. The van der Waals surface area contributed by atoms with Crippen molar-refractivity contribution in [2.45, 2.75) is 32.0 Å². The number of aliphatic hydroxyl groups is 1. The standard InChI is InChI=1S/C15H21NO3/c1-11-14(15(18)19-2)13(17)8-9-16(11)10-12-6-4-3-5-7-12/h3-7,11,13-14,17H,8-10H2,1-2H3/t11-,13-,14-/m0/s1. The zero-order chi connectivity index (χ0) is 13.8. The molecule has 2 rings (SSSR count). The summed E-state index contributed by atoms with van der Waals surface area (Å²) in [5, 5.41) is 10.00. The Labute approximate surface area is 114 Å². The number of benzene rings is 1. The first-order valence-corrected chi connectivity index (χ1v) is 6.67. The summed E-state index contributed by atoms with van der Waals surface area (Å²) in [6, 6.07) is 10.1. The third-order valence-corrected chi connectivity index (χ3v) is 3.92. The lowest BCUT2D eigenvalue weighted by molar-refractivity contribution is -0.156. The van der Waals surface area contributed by atoms with E-state index in [9.17, 15) is 9.90 Å². The molecule has 0 radical (unpaired) electrons. The van der Waals surface area contributed by atoms with Crippen LogP contribution in [0.25, 0.3) is 0 Å². The van der Waals surface area contributed by atoms with Crippen molar-refractivity contribution in [1.29, 1.82) is 0 Å². The topological polar surface area (TPSA) is 49.8 Å². The Kier molecular flexibility index (Phi) is 4.56. The molecule has 0 saturated carbocycles. The van der Waals surface area contributed by atoms with Crippen LogP contribution in [0.5, 0.6) is 0 Å². The van der Waals surface area contributed by atoms with Crippen LogP contribution in [-0.2, 0) is 16.1 Å². The predicted octanol–water partition coefficient (Wildman–Crippen LogP) is 1.43. The Balaban J connectivity index is 2.08. The molecule has 0 unspecified atom stereocenters. The Hall–Kier alpha value is -1.39. The van der Waals surface area contributed by atoms with Gasteiger partial charge in [-0.3, -0.25) is 9.69 Å². The number of hydrogen-bond donors (Lipinski definition) is 1. The predicted molar refractivity (Wildman–Crippen MR) is 72.4 cm³/mol. The van der Waals surface area contributed by atoms with E-state index < -0.39 is 12.0 Å². The molecule has 1 N–H and O–H groups in total. The van der Waals surface area contributed by atoms with Gasteiger partial charge in [0.25, 0.3) is 0 Å². The first-order valence-electron chi connectivity index (χ1n) is 6.67. The van der Waals surface area contributed by atoms with E-state index in [0.717, 1.165) is 13.1 Å². The summed E-state index contributed by atoms with van der Waals surface area (Å²) in [4.78, 5) is 14.0. The van der Waals surface area contributed by atoms with Crippen LogP contribution in [0.4, 0.5) is 0 Å². The molecule has 1 heterocycles. The Bertz CT molecular complexity index is 421. The molecular formula is C15H21NO3. The lowest BCUT2D eigenvalue weighted by Gasteiger charge is -2.40. The fourth-order valence-corrected chi connectivity index (χ4v) is 2.76. The summed E-state index contributed by atoms with van der Waals surface area (Å²) in [5.74, 6) is -0.778. The number of piperidine rings is 1. The van der Waals surface area contributed by atoms with E-state index in [4.69, 9.17) is 4.74 Å². The number of nitrogens with zero attached hydrogens (tertiary/aromatic N) is 1. The second-order valence-electron chi connectivity index (χ2n) is 5.10. The fourth-order valence-electron chi connectivity index (χ4n) is 2.76. The van der Waals surface area contributed by atoms with Gasteiger partial charge in [-0.2, -0.15) is 0 Å².